The van der Waals surface area contributed by atoms with Crippen LogP contribution in [0.1, 0.15) is 35.5 Å². The highest BCUT2D eigenvalue weighted by atomic mass is 16.5. The van der Waals surface area contributed by atoms with E-state index in [0.29, 0.717) is 29.3 Å². The average molecular weight is 463 g/mol. The summed E-state index contributed by atoms with van der Waals surface area (Å²) in [5.74, 6) is 0.289. The van der Waals surface area contributed by atoms with E-state index in [0.717, 1.165) is 39.3 Å². The largest absolute Gasteiger partial charge is 0.483 e. The third kappa shape index (κ3) is 8.99. The van der Waals surface area contributed by atoms with Crippen LogP contribution in [0, 0.1) is 6.92 Å². The van der Waals surface area contributed by atoms with Gasteiger partial charge in [0.2, 0.25) is 11.7 Å². The molecule has 3 rings (SSSR count). The summed E-state index contributed by atoms with van der Waals surface area (Å²) in [6, 6.07) is 6.71. The Morgan fingerprint density at radius 1 is 1.33 bits per heavy atom. The maximum atomic E-state index is 12.8. The molecule has 2 N–H and O–H groups in total. The normalized spacial score (nSPS) is 14.5. The molecule has 1 aliphatic rings. The molecule has 1 fully saturated rings. The average Bonchev–Trinajstić information content (AvgIpc) is 3.26. The Hall–Kier alpha value is -3.31. The summed E-state index contributed by atoms with van der Waals surface area (Å²) in [7, 11) is 1.35. The molecule has 11 heteroatoms. The number of rotatable bonds is 9. The van der Waals surface area contributed by atoms with Crippen molar-refractivity contribution in [1.29, 1.82) is 0 Å². The van der Waals surface area contributed by atoms with Crippen LogP contribution in [0.3, 0.4) is 0 Å². The van der Waals surface area contributed by atoms with Crippen LogP contribution >= 0.6 is 0 Å². The van der Waals surface area contributed by atoms with E-state index in [2.05, 4.69) is 20.4 Å². The van der Waals surface area contributed by atoms with Crippen molar-refractivity contribution in [2.75, 3.05) is 40.0 Å². The van der Waals surface area contributed by atoms with Gasteiger partial charge in [0.25, 0.3) is 12.4 Å². The van der Waals surface area contributed by atoms with Gasteiger partial charge in [-0.15, -0.1) is 0 Å². The standard InChI is InChI=1S/C21H28N4O5.CH2O2/c1-15-22-20(24-30-15)16-5-3-6-17(13-16)21(27)23-18(14-19(26)28-2)7-4-8-25-9-11-29-12-10-25;2-1-3/h3,5-6,13,18H,4,7-12,14H2,1-2H3,(H,23,27);1H,(H,2,3)/t18-;/m0./s1. The Morgan fingerprint density at radius 3 is 2.70 bits per heavy atom. The molecule has 1 aliphatic heterocycles. The van der Waals surface area contributed by atoms with Gasteiger partial charge >= 0.3 is 5.97 Å². The molecule has 0 spiro atoms. The summed E-state index contributed by atoms with van der Waals surface area (Å²) < 4.78 is 15.2. The lowest BCUT2D eigenvalue weighted by atomic mass is 10.1. The second kappa shape index (κ2) is 14.0. The van der Waals surface area contributed by atoms with Crippen molar-refractivity contribution in [2.45, 2.75) is 32.2 Å². The highest BCUT2D eigenvalue weighted by molar-refractivity contribution is 5.95. The monoisotopic (exact) mass is 462 g/mol. The van der Waals surface area contributed by atoms with Crippen LogP contribution in [0.15, 0.2) is 28.8 Å². The van der Waals surface area contributed by atoms with Crippen molar-refractivity contribution in [3.8, 4) is 11.4 Å². The number of nitrogens with one attached hydrogen (secondary N) is 1. The second-order valence-electron chi connectivity index (χ2n) is 7.37. The number of nitrogens with zero attached hydrogens (tertiary/aromatic N) is 3. The summed E-state index contributed by atoms with van der Waals surface area (Å²) in [4.78, 5) is 39.5. The molecule has 33 heavy (non-hydrogen) atoms. The zero-order valence-electron chi connectivity index (χ0n) is 18.9. The maximum Gasteiger partial charge on any atom is 0.307 e. The van der Waals surface area contributed by atoms with Crippen molar-refractivity contribution in [3.63, 3.8) is 0 Å². The molecule has 0 aliphatic carbocycles. The van der Waals surface area contributed by atoms with Crippen LogP contribution < -0.4 is 5.32 Å². The minimum atomic E-state index is -0.345. The fraction of sp³-hybridized carbons (Fsp3) is 0.500. The second-order valence-corrected chi connectivity index (χ2v) is 7.37. The minimum Gasteiger partial charge on any atom is -0.483 e. The highest BCUT2D eigenvalue weighted by Crippen LogP contribution is 2.17. The number of ether oxygens (including phenoxy) is 2. The van der Waals surface area contributed by atoms with Gasteiger partial charge in [0.15, 0.2) is 0 Å². The van der Waals surface area contributed by atoms with Crippen LogP contribution in [0.4, 0.5) is 0 Å². The number of carbonyl (C=O) groups is 3. The van der Waals surface area contributed by atoms with E-state index >= 15 is 0 Å². The van der Waals surface area contributed by atoms with E-state index in [1.807, 2.05) is 6.07 Å². The lowest BCUT2D eigenvalue weighted by Crippen LogP contribution is -2.39. The van der Waals surface area contributed by atoms with E-state index in [1.54, 1.807) is 25.1 Å². The predicted molar refractivity (Wildman–Crippen MR) is 118 cm³/mol. The Morgan fingerprint density at radius 2 is 2.06 bits per heavy atom. The third-order valence-corrected chi connectivity index (χ3v) is 5.02. The number of methoxy groups -OCH3 is 1. The minimum absolute atomic E-state index is 0.134. The Kier molecular flexibility index (Phi) is 11.0. The Balaban J connectivity index is 0.00000122. The summed E-state index contributed by atoms with van der Waals surface area (Å²) in [6.45, 7) is 5.69. The van der Waals surface area contributed by atoms with Crippen molar-refractivity contribution < 1.29 is 33.5 Å². The predicted octanol–water partition coefficient (Wildman–Crippen LogP) is 1.52. The molecule has 0 unspecified atom stereocenters. The first-order valence-corrected chi connectivity index (χ1v) is 10.6. The number of hydrogen-bond acceptors (Lipinski definition) is 9. The first-order chi connectivity index (χ1) is 16.0. The molecule has 180 valence electrons. The van der Waals surface area contributed by atoms with Crippen LogP contribution in [0.25, 0.3) is 11.4 Å². The van der Waals surface area contributed by atoms with Gasteiger partial charge in [0.1, 0.15) is 0 Å². The molecule has 2 aromatic rings. The van der Waals surface area contributed by atoms with Crippen molar-refractivity contribution in [3.05, 3.63) is 35.7 Å². The molecule has 11 nitrogen and oxygen atoms in total. The lowest BCUT2D eigenvalue weighted by molar-refractivity contribution is -0.141. The fourth-order valence-corrected chi connectivity index (χ4v) is 3.38. The van der Waals surface area contributed by atoms with E-state index < -0.39 is 0 Å². The number of benzene rings is 1. The zero-order valence-corrected chi connectivity index (χ0v) is 18.9. The molecule has 0 bridgehead atoms. The van der Waals surface area contributed by atoms with Gasteiger partial charge in [-0.25, -0.2) is 0 Å². The van der Waals surface area contributed by atoms with Crippen LogP contribution in [-0.4, -0.2) is 84.5 Å². The van der Waals surface area contributed by atoms with Gasteiger partial charge in [-0.2, -0.15) is 4.98 Å². The van der Waals surface area contributed by atoms with Crippen LogP contribution in [0.5, 0.6) is 0 Å². The quantitative estimate of drug-likeness (QED) is 0.416. The van der Waals surface area contributed by atoms with Gasteiger partial charge in [-0.05, 0) is 31.5 Å². The number of hydrogen-bond donors (Lipinski definition) is 2. The topological polar surface area (TPSA) is 144 Å². The Labute approximate surface area is 192 Å². The molecule has 1 amide bonds. The van der Waals surface area contributed by atoms with Crippen molar-refractivity contribution >= 4 is 18.3 Å². The highest BCUT2D eigenvalue weighted by Gasteiger charge is 2.19. The molecule has 0 saturated carbocycles. The van der Waals surface area contributed by atoms with E-state index in [1.165, 1.54) is 7.11 Å². The SMILES string of the molecule is COC(=O)C[C@H](CCCN1CCOCC1)NC(=O)c1cccc(-c2noc(C)n2)c1.O=CO. The summed E-state index contributed by atoms with van der Waals surface area (Å²) in [5, 5.41) is 13.8. The van der Waals surface area contributed by atoms with Crippen LogP contribution in [-0.2, 0) is 19.1 Å². The van der Waals surface area contributed by atoms with E-state index in [4.69, 9.17) is 23.9 Å². The summed E-state index contributed by atoms with van der Waals surface area (Å²) >= 11 is 0. The first-order valence-electron chi connectivity index (χ1n) is 10.6. The zero-order chi connectivity index (χ0) is 24.1. The van der Waals surface area contributed by atoms with Crippen molar-refractivity contribution in [2.24, 2.45) is 0 Å². The maximum absolute atomic E-state index is 12.8. The van der Waals surface area contributed by atoms with Crippen LogP contribution in [0.2, 0.25) is 0 Å². The number of aromatic nitrogens is 2. The van der Waals surface area contributed by atoms with E-state index in [9.17, 15) is 9.59 Å². The third-order valence-electron chi connectivity index (χ3n) is 5.02. The lowest BCUT2D eigenvalue weighted by Gasteiger charge is -2.27. The number of aryl methyl sites for hydroxylation is 1. The molecular weight excluding hydrogens is 432 g/mol. The molecule has 1 aromatic carbocycles. The number of carbonyl (C=O) groups excluding carboxylic acids is 2. The smallest absolute Gasteiger partial charge is 0.307 e. The molecule has 1 aromatic heterocycles. The van der Waals surface area contributed by atoms with Gasteiger partial charge in [-0.3, -0.25) is 19.3 Å². The van der Waals surface area contributed by atoms with Crippen molar-refractivity contribution in [1.82, 2.24) is 20.4 Å². The molecule has 0 radical (unpaired) electrons. The number of morpholine rings is 1. The van der Waals surface area contributed by atoms with Gasteiger partial charge in [0, 0.05) is 37.2 Å². The first kappa shape index (κ1) is 25.9. The number of esters is 1. The Bertz CT molecular complexity index is 896. The molecule has 2 heterocycles. The van der Waals surface area contributed by atoms with Gasteiger partial charge in [-0.1, -0.05) is 17.3 Å². The van der Waals surface area contributed by atoms with Gasteiger partial charge < -0.3 is 24.4 Å². The summed E-state index contributed by atoms with van der Waals surface area (Å²) in [6.07, 6.45) is 1.68. The van der Waals surface area contributed by atoms with E-state index in [-0.39, 0.29) is 30.8 Å². The molecular formula is C22H30N4O7. The number of carboxylic acid groups (broad SMARTS) is 1. The fourth-order valence-electron chi connectivity index (χ4n) is 3.38. The molecule has 1 saturated heterocycles. The number of amides is 1. The summed E-state index contributed by atoms with van der Waals surface area (Å²) in [5.41, 5.74) is 1.16. The molecule has 1 atom stereocenters. The van der Waals surface area contributed by atoms with Gasteiger partial charge in [0.05, 0.1) is 26.7 Å².